The molecule has 2 unspecified atom stereocenters. The molecule has 0 radical (unpaired) electrons. The van der Waals surface area contributed by atoms with Crippen molar-refractivity contribution in [1.82, 2.24) is 9.80 Å². The maximum Gasteiger partial charge on any atom is 0.227 e. The molecule has 1 saturated heterocycles. The number of hydrogen-bond acceptors (Lipinski definition) is 3. The first-order valence-electron chi connectivity index (χ1n) is 10.4. The lowest BCUT2D eigenvalue weighted by Gasteiger charge is -2.37. The quantitative estimate of drug-likeness (QED) is 0.813. The number of carbonyl (C=O) groups is 2. The molecular formula is C22H34ClN3O2. The molecule has 1 aromatic carbocycles. The van der Waals surface area contributed by atoms with Crippen LogP contribution < -0.4 is 5.73 Å². The lowest BCUT2D eigenvalue weighted by atomic mass is 9.86. The van der Waals surface area contributed by atoms with Crippen molar-refractivity contribution in [2.45, 2.75) is 51.5 Å². The Bertz CT molecular complexity index is 626. The van der Waals surface area contributed by atoms with Gasteiger partial charge < -0.3 is 15.5 Å². The van der Waals surface area contributed by atoms with Gasteiger partial charge in [-0.3, -0.25) is 9.59 Å². The summed E-state index contributed by atoms with van der Waals surface area (Å²) in [6.07, 6.45) is 6.91. The van der Waals surface area contributed by atoms with E-state index in [0.29, 0.717) is 38.5 Å². The summed E-state index contributed by atoms with van der Waals surface area (Å²) in [5.41, 5.74) is 7.30. The summed E-state index contributed by atoms with van der Waals surface area (Å²) >= 11 is 0. The fourth-order valence-electron chi connectivity index (χ4n) is 4.35. The minimum atomic E-state index is -0.301. The maximum atomic E-state index is 12.8. The van der Waals surface area contributed by atoms with E-state index in [1.807, 2.05) is 47.1 Å². The van der Waals surface area contributed by atoms with Crippen LogP contribution >= 0.6 is 12.4 Å². The van der Waals surface area contributed by atoms with Crippen LogP contribution in [-0.2, 0) is 9.59 Å². The normalized spacial score (nSPS) is 20.2. The van der Waals surface area contributed by atoms with Crippen molar-refractivity contribution < 1.29 is 9.59 Å². The highest BCUT2D eigenvalue weighted by atomic mass is 35.5. The van der Waals surface area contributed by atoms with Gasteiger partial charge in [0.15, 0.2) is 0 Å². The third-order valence-electron chi connectivity index (χ3n) is 6.24. The monoisotopic (exact) mass is 407 g/mol. The van der Waals surface area contributed by atoms with Crippen molar-refractivity contribution in [3.63, 3.8) is 0 Å². The molecule has 2 N–H and O–H groups in total. The van der Waals surface area contributed by atoms with Crippen LogP contribution in [0, 0.1) is 11.8 Å². The van der Waals surface area contributed by atoms with Crippen LogP contribution in [0.1, 0.15) is 57.1 Å². The minimum Gasteiger partial charge on any atom is -0.339 e. The van der Waals surface area contributed by atoms with E-state index in [0.717, 1.165) is 5.56 Å². The summed E-state index contributed by atoms with van der Waals surface area (Å²) in [7, 11) is 0. The van der Waals surface area contributed by atoms with Crippen molar-refractivity contribution in [1.29, 1.82) is 0 Å². The molecule has 0 aromatic heterocycles. The molecule has 28 heavy (non-hydrogen) atoms. The fraction of sp³-hybridized carbons (Fsp3) is 0.636. The van der Waals surface area contributed by atoms with E-state index in [9.17, 15) is 9.59 Å². The van der Waals surface area contributed by atoms with Crippen LogP contribution in [-0.4, -0.2) is 47.8 Å². The molecule has 3 rings (SSSR count). The number of benzene rings is 1. The first kappa shape index (κ1) is 22.7. The van der Waals surface area contributed by atoms with Crippen molar-refractivity contribution in [3.8, 4) is 0 Å². The third-order valence-corrected chi connectivity index (χ3v) is 6.24. The highest BCUT2D eigenvalue weighted by Gasteiger charge is 2.30. The Kier molecular flexibility index (Phi) is 8.77. The molecule has 5 nitrogen and oxygen atoms in total. The zero-order valence-corrected chi connectivity index (χ0v) is 17.7. The average Bonchev–Trinajstić information content (AvgIpc) is 2.73. The molecule has 1 saturated carbocycles. The van der Waals surface area contributed by atoms with Gasteiger partial charge in [0.2, 0.25) is 11.8 Å². The fourth-order valence-corrected chi connectivity index (χ4v) is 4.35. The van der Waals surface area contributed by atoms with Crippen LogP contribution in [0.2, 0.25) is 0 Å². The van der Waals surface area contributed by atoms with Gasteiger partial charge in [-0.1, -0.05) is 56.5 Å². The van der Waals surface area contributed by atoms with Gasteiger partial charge in [0, 0.05) is 38.6 Å². The predicted octanol–water partition coefficient (Wildman–Crippen LogP) is 3.39. The molecule has 2 atom stereocenters. The largest absolute Gasteiger partial charge is 0.339 e. The Labute approximate surface area is 175 Å². The van der Waals surface area contributed by atoms with Crippen molar-refractivity contribution in [2.24, 2.45) is 17.6 Å². The van der Waals surface area contributed by atoms with E-state index < -0.39 is 0 Å². The van der Waals surface area contributed by atoms with Gasteiger partial charge in [-0.05, 0) is 24.3 Å². The number of hydrogen-bond donors (Lipinski definition) is 1. The highest BCUT2D eigenvalue weighted by molar-refractivity contribution is 5.85. The molecule has 6 heteroatoms. The van der Waals surface area contributed by atoms with E-state index in [1.54, 1.807) is 0 Å². The van der Waals surface area contributed by atoms with Crippen LogP contribution in [0.3, 0.4) is 0 Å². The minimum absolute atomic E-state index is 0. The predicted molar refractivity (Wildman–Crippen MR) is 114 cm³/mol. The first-order chi connectivity index (χ1) is 13.1. The Hall–Kier alpha value is -1.59. The molecule has 0 spiro atoms. The molecule has 1 aliphatic carbocycles. The van der Waals surface area contributed by atoms with E-state index in [-0.39, 0.29) is 36.2 Å². The lowest BCUT2D eigenvalue weighted by molar-refractivity contribution is -0.142. The molecule has 2 aliphatic rings. The second-order valence-corrected chi connectivity index (χ2v) is 8.14. The van der Waals surface area contributed by atoms with Crippen LogP contribution in [0.25, 0.3) is 0 Å². The summed E-state index contributed by atoms with van der Waals surface area (Å²) in [6, 6.07) is 9.48. The SMILES string of the molecule is CC(C(=O)N1CCN(C(=O)CC2CCCCC2)CC1)C(N)c1ccccc1.Cl. The number of rotatable bonds is 5. The van der Waals surface area contributed by atoms with Gasteiger partial charge in [-0.15, -0.1) is 12.4 Å². The van der Waals surface area contributed by atoms with E-state index in [1.165, 1.54) is 32.1 Å². The Morgan fingerprint density at radius 1 is 1.00 bits per heavy atom. The van der Waals surface area contributed by atoms with E-state index in [4.69, 9.17) is 5.73 Å². The van der Waals surface area contributed by atoms with Crippen molar-refractivity contribution in [2.75, 3.05) is 26.2 Å². The van der Waals surface area contributed by atoms with E-state index in [2.05, 4.69) is 0 Å². The summed E-state index contributed by atoms with van der Waals surface area (Å²) in [5.74, 6) is 0.653. The number of nitrogens with two attached hydrogens (primary N) is 1. The zero-order chi connectivity index (χ0) is 19.2. The number of carbonyl (C=O) groups excluding carboxylic acids is 2. The molecule has 0 bridgehead atoms. The summed E-state index contributed by atoms with van der Waals surface area (Å²) in [6.45, 7) is 4.41. The van der Waals surface area contributed by atoms with Gasteiger partial charge in [0.05, 0.1) is 5.92 Å². The Morgan fingerprint density at radius 3 is 2.18 bits per heavy atom. The summed E-state index contributed by atoms with van der Waals surface area (Å²) in [4.78, 5) is 29.2. The zero-order valence-electron chi connectivity index (χ0n) is 16.9. The standard InChI is InChI=1S/C22H33N3O2.ClH/c1-17(21(23)19-10-6-3-7-11-19)22(27)25-14-12-24(13-15-25)20(26)16-18-8-4-2-5-9-18;/h3,6-7,10-11,17-18,21H,2,4-5,8-9,12-16,23H2,1H3;1H. The first-order valence-corrected chi connectivity index (χ1v) is 10.4. The molecule has 1 aliphatic heterocycles. The van der Waals surface area contributed by atoms with Crippen molar-refractivity contribution in [3.05, 3.63) is 35.9 Å². The molecule has 2 amide bonds. The second-order valence-electron chi connectivity index (χ2n) is 8.14. The topological polar surface area (TPSA) is 66.6 Å². The lowest BCUT2D eigenvalue weighted by Crippen LogP contribution is -2.52. The molecule has 1 aromatic rings. The van der Waals surface area contributed by atoms with Crippen molar-refractivity contribution >= 4 is 24.2 Å². The van der Waals surface area contributed by atoms with Gasteiger partial charge >= 0.3 is 0 Å². The smallest absolute Gasteiger partial charge is 0.227 e. The van der Waals surface area contributed by atoms with Gasteiger partial charge in [-0.2, -0.15) is 0 Å². The molecule has 1 heterocycles. The van der Waals surface area contributed by atoms with Crippen LogP contribution in [0.4, 0.5) is 0 Å². The van der Waals surface area contributed by atoms with E-state index >= 15 is 0 Å². The number of nitrogens with zero attached hydrogens (tertiary/aromatic N) is 2. The average molecular weight is 408 g/mol. The number of piperazine rings is 1. The van der Waals surface area contributed by atoms with Gasteiger partial charge in [0.25, 0.3) is 0 Å². The number of amides is 2. The maximum absolute atomic E-state index is 12.8. The van der Waals surface area contributed by atoms with Gasteiger partial charge in [0.1, 0.15) is 0 Å². The van der Waals surface area contributed by atoms with Crippen LogP contribution in [0.15, 0.2) is 30.3 Å². The third kappa shape index (κ3) is 5.71. The van der Waals surface area contributed by atoms with Gasteiger partial charge in [-0.25, -0.2) is 0 Å². The molecule has 2 fully saturated rings. The highest BCUT2D eigenvalue weighted by Crippen LogP contribution is 2.27. The second kappa shape index (κ2) is 10.8. The Morgan fingerprint density at radius 2 is 1.57 bits per heavy atom. The number of halogens is 1. The summed E-state index contributed by atoms with van der Waals surface area (Å²) in [5, 5.41) is 0. The van der Waals surface area contributed by atoms with Crippen LogP contribution in [0.5, 0.6) is 0 Å². The Balaban J connectivity index is 0.00000280. The molecule has 156 valence electrons. The summed E-state index contributed by atoms with van der Waals surface area (Å²) < 4.78 is 0. The molecular weight excluding hydrogens is 374 g/mol.